The zero-order valence-electron chi connectivity index (χ0n) is 6.25. The summed E-state index contributed by atoms with van der Waals surface area (Å²) in [6.45, 7) is 0. The van der Waals surface area contributed by atoms with Crippen LogP contribution in [0.15, 0.2) is 28.9 Å². The molecule has 3 heteroatoms. The highest BCUT2D eigenvalue weighted by atomic mass is 35.5. The molecule has 0 saturated carbocycles. The van der Waals surface area contributed by atoms with E-state index in [2.05, 4.69) is 12.6 Å². The van der Waals surface area contributed by atoms with Gasteiger partial charge in [0.15, 0.2) is 5.58 Å². The summed E-state index contributed by atoms with van der Waals surface area (Å²) in [5, 5.41) is 1.71. The monoisotopic (exact) mass is 198 g/mol. The van der Waals surface area contributed by atoms with Crippen molar-refractivity contribution in [3.05, 3.63) is 35.0 Å². The Labute approximate surface area is 80.7 Å². The lowest BCUT2D eigenvalue weighted by Gasteiger charge is -1.91. The van der Waals surface area contributed by atoms with Crippen molar-refractivity contribution >= 4 is 35.2 Å². The summed E-state index contributed by atoms with van der Waals surface area (Å²) in [6, 6.07) is 5.71. The van der Waals surface area contributed by atoms with Crippen molar-refractivity contribution in [2.24, 2.45) is 0 Å². The number of benzene rings is 1. The van der Waals surface area contributed by atoms with Gasteiger partial charge >= 0.3 is 0 Å². The predicted octanol–water partition coefficient (Wildman–Crippen LogP) is 3.52. The van der Waals surface area contributed by atoms with Gasteiger partial charge in [-0.1, -0.05) is 23.7 Å². The molecule has 0 saturated heterocycles. The lowest BCUT2D eigenvalue weighted by molar-refractivity contribution is 0.613. The lowest BCUT2D eigenvalue weighted by Crippen LogP contribution is -1.72. The van der Waals surface area contributed by atoms with E-state index in [1.807, 2.05) is 18.2 Å². The van der Waals surface area contributed by atoms with Crippen molar-refractivity contribution in [2.45, 2.75) is 5.75 Å². The standard InChI is InChI=1S/C9H7ClOS/c10-8-3-1-2-7-6(5-12)4-11-9(7)8/h1-4,12H,5H2. The van der Waals surface area contributed by atoms with Crippen molar-refractivity contribution in [2.75, 3.05) is 0 Å². The molecule has 0 aliphatic carbocycles. The van der Waals surface area contributed by atoms with Crippen LogP contribution < -0.4 is 0 Å². The van der Waals surface area contributed by atoms with E-state index in [1.54, 1.807) is 6.26 Å². The number of hydrogen-bond donors (Lipinski definition) is 1. The number of thiol groups is 1. The highest BCUT2D eigenvalue weighted by Crippen LogP contribution is 2.28. The van der Waals surface area contributed by atoms with Crippen LogP contribution >= 0.6 is 24.2 Å². The van der Waals surface area contributed by atoms with Crippen molar-refractivity contribution in [1.29, 1.82) is 0 Å². The average molecular weight is 199 g/mol. The minimum Gasteiger partial charge on any atom is -0.462 e. The fourth-order valence-electron chi connectivity index (χ4n) is 1.20. The molecule has 0 aliphatic rings. The maximum Gasteiger partial charge on any atom is 0.152 e. The Morgan fingerprint density at radius 2 is 2.25 bits per heavy atom. The van der Waals surface area contributed by atoms with Crippen LogP contribution in [0.1, 0.15) is 5.56 Å². The predicted molar refractivity (Wildman–Crippen MR) is 53.9 cm³/mol. The third kappa shape index (κ3) is 1.11. The van der Waals surface area contributed by atoms with E-state index in [4.69, 9.17) is 16.0 Å². The van der Waals surface area contributed by atoms with E-state index in [0.717, 1.165) is 16.5 Å². The van der Waals surface area contributed by atoms with E-state index in [9.17, 15) is 0 Å². The van der Waals surface area contributed by atoms with Gasteiger partial charge in [0.05, 0.1) is 11.3 Å². The second kappa shape index (κ2) is 3.04. The molecule has 0 aliphatic heterocycles. The van der Waals surface area contributed by atoms with Gasteiger partial charge < -0.3 is 4.42 Å². The molecule has 0 fully saturated rings. The molecule has 62 valence electrons. The van der Waals surface area contributed by atoms with Crippen LogP contribution in [0, 0.1) is 0 Å². The van der Waals surface area contributed by atoms with Gasteiger partial charge in [0.1, 0.15) is 0 Å². The average Bonchev–Trinajstić information content (AvgIpc) is 2.49. The van der Waals surface area contributed by atoms with Gasteiger partial charge in [-0.05, 0) is 6.07 Å². The summed E-state index contributed by atoms with van der Waals surface area (Å²) in [4.78, 5) is 0. The van der Waals surface area contributed by atoms with Crippen molar-refractivity contribution in [1.82, 2.24) is 0 Å². The molecule has 0 atom stereocenters. The summed E-state index contributed by atoms with van der Waals surface area (Å²) in [5.41, 5.74) is 1.83. The van der Waals surface area contributed by atoms with Crippen LogP contribution in [0.25, 0.3) is 11.0 Å². The summed E-state index contributed by atoms with van der Waals surface area (Å²) in [6.07, 6.45) is 1.70. The molecule has 2 rings (SSSR count). The second-order valence-corrected chi connectivity index (χ2v) is 3.26. The Balaban J connectivity index is 2.80. The molecule has 1 heterocycles. The van der Waals surface area contributed by atoms with Gasteiger partial charge in [-0.3, -0.25) is 0 Å². The van der Waals surface area contributed by atoms with Crippen LogP contribution in [0.5, 0.6) is 0 Å². The van der Waals surface area contributed by atoms with Gasteiger partial charge in [-0.25, -0.2) is 0 Å². The normalized spacial score (nSPS) is 10.8. The van der Waals surface area contributed by atoms with Crippen LogP contribution in [-0.4, -0.2) is 0 Å². The molecular formula is C9H7ClOS. The minimum atomic E-state index is 0.653. The highest BCUT2D eigenvalue weighted by molar-refractivity contribution is 7.79. The van der Waals surface area contributed by atoms with Gasteiger partial charge in [0, 0.05) is 16.7 Å². The van der Waals surface area contributed by atoms with Gasteiger partial charge in [-0.2, -0.15) is 12.6 Å². The maximum atomic E-state index is 5.91. The molecule has 0 radical (unpaired) electrons. The maximum absolute atomic E-state index is 5.91. The number of halogens is 1. The SMILES string of the molecule is SCc1coc2c(Cl)cccc12. The second-order valence-electron chi connectivity index (χ2n) is 2.54. The van der Waals surface area contributed by atoms with Crippen LogP contribution in [0.2, 0.25) is 5.02 Å². The molecule has 0 bridgehead atoms. The number of rotatable bonds is 1. The van der Waals surface area contributed by atoms with E-state index in [1.165, 1.54) is 0 Å². The highest BCUT2D eigenvalue weighted by Gasteiger charge is 2.06. The zero-order chi connectivity index (χ0) is 8.55. The van der Waals surface area contributed by atoms with Crippen LogP contribution in [0.4, 0.5) is 0 Å². The summed E-state index contributed by atoms with van der Waals surface area (Å²) >= 11 is 10.1. The number of hydrogen-bond acceptors (Lipinski definition) is 2. The Hall–Kier alpha value is -0.600. The Bertz CT molecular complexity index is 408. The molecule has 2 aromatic rings. The molecule has 0 unspecified atom stereocenters. The van der Waals surface area contributed by atoms with E-state index < -0.39 is 0 Å². The largest absolute Gasteiger partial charge is 0.462 e. The Morgan fingerprint density at radius 3 is 3.00 bits per heavy atom. The topological polar surface area (TPSA) is 13.1 Å². The number of fused-ring (bicyclic) bond motifs is 1. The first-order chi connectivity index (χ1) is 5.83. The van der Waals surface area contributed by atoms with Crippen LogP contribution in [-0.2, 0) is 5.75 Å². The molecule has 12 heavy (non-hydrogen) atoms. The molecule has 0 spiro atoms. The molecule has 1 aromatic heterocycles. The summed E-state index contributed by atoms with van der Waals surface area (Å²) in [7, 11) is 0. The first-order valence-electron chi connectivity index (χ1n) is 3.58. The fourth-order valence-corrected chi connectivity index (χ4v) is 1.66. The van der Waals surface area contributed by atoms with Gasteiger partial charge in [-0.15, -0.1) is 0 Å². The number of para-hydroxylation sites is 1. The van der Waals surface area contributed by atoms with Gasteiger partial charge in [0.25, 0.3) is 0 Å². The van der Waals surface area contributed by atoms with Gasteiger partial charge in [0.2, 0.25) is 0 Å². The molecule has 0 N–H and O–H groups in total. The fraction of sp³-hybridized carbons (Fsp3) is 0.111. The Morgan fingerprint density at radius 1 is 1.42 bits per heavy atom. The van der Waals surface area contributed by atoms with Crippen molar-refractivity contribution in [3.63, 3.8) is 0 Å². The first kappa shape index (κ1) is 8.02. The Kier molecular flexibility index (Phi) is 2.03. The lowest BCUT2D eigenvalue weighted by atomic mass is 10.2. The first-order valence-corrected chi connectivity index (χ1v) is 4.59. The molecule has 1 aromatic carbocycles. The summed E-state index contributed by atoms with van der Waals surface area (Å²) in [5.74, 6) is 0.674. The van der Waals surface area contributed by atoms with Crippen molar-refractivity contribution < 1.29 is 4.42 Å². The third-order valence-corrected chi connectivity index (χ3v) is 2.44. The quantitative estimate of drug-likeness (QED) is 0.692. The third-order valence-electron chi connectivity index (χ3n) is 1.80. The number of furan rings is 1. The smallest absolute Gasteiger partial charge is 0.152 e. The summed E-state index contributed by atoms with van der Waals surface area (Å²) < 4.78 is 5.29. The zero-order valence-corrected chi connectivity index (χ0v) is 7.90. The molecular weight excluding hydrogens is 192 g/mol. The van der Waals surface area contributed by atoms with Crippen molar-refractivity contribution in [3.8, 4) is 0 Å². The van der Waals surface area contributed by atoms with E-state index >= 15 is 0 Å². The molecule has 1 nitrogen and oxygen atoms in total. The molecule has 0 amide bonds. The minimum absolute atomic E-state index is 0.653. The van der Waals surface area contributed by atoms with E-state index in [0.29, 0.717) is 10.8 Å². The van der Waals surface area contributed by atoms with Crippen LogP contribution in [0.3, 0.4) is 0 Å². The van der Waals surface area contributed by atoms with E-state index in [-0.39, 0.29) is 0 Å².